The van der Waals surface area contributed by atoms with Gasteiger partial charge in [0.2, 0.25) is 0 Å². The number of quaternary nitrogens is 1. The number of anilines is 1. The van der Waals surface area contributed by atoms with E-state index in [9.17, 15) is 4.79 Å². The van der Waals surface area contributed by atoms with Gasteiger partial charge in [-0.1, -0.05) is 40.1 Å². The summed E-state index contributed by atoms with van der Waals surface area (Å²) in [5, 5.41) is 4.64. The van der Waals surface area contributed by atoms with E-state index in [0.29, 0.717) is 4.70 Å². The van der Waals surface area contributed by atoms with Crippen molar-refractivity contribution < 1.29 is 9.53 Å². The van der Waals surface area contributed by atoms with Crippen molar-refractivity contribution in [3.05, 3.63) is 60.2 Å². The molecule has 118 valence electrons. The number of carbonyl (C=O) groups excluding carboxylic acids is 1. The zero-order valence-electron chi connectivity index (χ0n) is 13.1. The molecular formula is C18H20N3O2+. The first-order valence-electron chi connectivity index (χ1n) is 7.64. The monoisotopic (exact) mass is 310 g/mol. The number of hydrogen-bond acceptors (Lipinski definition) is 4. The largest absolute Gasteiger partial charge is 0.469 e. The molecule has 0 amide bonds. The second-order valence-electron chi connectivity index (χ2n) is 5.48. The first kappa shape index (κ1) is 15.2. The lowest BCUT2D eigenvalue weighted by molar-refractivity contribution is -0.139. The van der Waals surface area contributed by atoms with Crippen LogP contribution in [0.25, 0.3) is 0 Å². The molecule has 1 N–H and O–H groups in total. The highest BCUT2D eigenvalue weighted by molar-refractivity contribution is 5.72. The number of para-hydroxylation sites is 1. The summed E-state index contributed by atoms with van der Waals surface area (Å²) in [6.45, 7) is 0.869. The van der Waals surface area contributed by atoms with Gasteiger partial charge in [-0.05, 0) is 17.7 Å². The second-order valence-corrected chi connectivity index (χ2v) is 5.48. The fourth-order valence-corrected chi connectivity index (χ4v) is 2.67. The van der Waals surface area contributed by atoms with Gasteiger partial charge in [0.15, 0.2) is 5.69 Å². The summed E-state index contributed by atoms with van der Waals surface area (Å²) in [6.07, 6.45) is 3.17. The van der Waals surface area contributed by atoms with Gasteiger partial charge in [0.1, 0.15) is 6.54 Å². The summed E-state index contributed by atoms with van der Waals surface area (Å²) in [4.78, 5) is 11.3. The third kappa shape index (κ3) is 3.40. The molecule has 0 spiro atoms. The Morgan fingerprint density at radius 3 is 2.52 bits per heavy atom. The van der Waals surface area contributed by atoms with E-state index in [0.717, 1.165) is 29.9 Å². The molecule has 1 unspecified atom stereocenters. The van der Waals surface area contributed by atoms with Crippen LogP contribution in [0.2, 0.25) is 0 Å². The van der Waals surface area contributed by atoms with Crippen LogP contribution in [-0.4, -0.2) is 25.8 Å². The lowest BCUT2D eigenvalue weighted by Gasteiger charge is -2.28. The minimum atomic E-state index is -0.234. The van der Waals surface area contributed by atoms with Crippen LogP contribution in [-0.2, 0) is 16.0 Å². The van der Waals surface area contributed by atoms with E-state index in [-0.39, 0.29) is 12.4 Å². The van der Waals surface area contributed by atoms with Crippen molar-refractivity contribution in [2.24, 2.45) is 5.10 Å². The summed E-state index contributed by atoms with van der Waals surface area (Å²) in [7, 11) is 1.40. The van der Waals surface area contributed by atoms with Crippen molar-refractivity contribution in [3.8, 4) is 0 Å². The van der Waals surface area contributed by atoms with E-state index in [1.54, 1.807) is 0 Å². The van der Waals surface area contributed by atoms with Crippen molar-refractivity contribution in [1.29, 1.82) is 0 Å². The fraction of sp³-hybridized carbons (Fsp3) is 0.222. The van der Waals surface area contributed by atoms with Gasteiger partial charge < -0.3 is 4.74 Å². The lowest BCUT2D eigenvalue weighted by Crippen LogP contribution is -2.47. The smallest absolute Gasteiger partial charge is 0.309 e. The SMILES string of the molecule is COC(=O)Cc1ccc(N[N+]2(c3ccccc3)CCC=N2)cc1. The standard InChI is InChI=1S/C18H20N3O2/c1-23-18(22)14-15-8-10-16(11-9-15)20-21(13-5-12-19-21)17-6-3-2-4-7-17/h2-4,6-12,20H,5,13-14H2,1H3/q+1. The normalized spacial score (nSPS) is 19.5. The predicted octanol–water partition coefficient (Wildman–Crippen LogP) is 3.13. The van der Waals surface area contributed by atoms with Crippen LogP contribution in [0, 0.1) is 0 Å². The van der Waals surface area contributed by atoms with Crippen molar-refractivity contribution >= 4 is 23.6 Å². The highest BCUT2D eigenvalue weighted by Gasteiger charge is 2.34. The highest BCUT2D eigenvalue weighted by Crippen LogP contribution is 2.28. The molecular weight excluding hydrogens is 290 g/mol. The molecule has 1 heterocycles. The first-order valence-corrected chi connectivity index (χ1v) is 7.64. The Labute approximate surface area is 135 Å². The Morgan fingerprint density at radius 1 is 1.17 bits per heavy atom. The molecule has 0 aliphatic carbocycles. The van der Waals surface area contributed by atoms with E-state index >= 15 is 0 Å². The van der Waals surface area contributed by atoms with Crippen molar-refractivity contribution in [2.45, 2.75) is 12.8 Å². The van der Waals surface area contributed by atoms with Crippen molar-refractivity contribution in [3.63, 3.8) is 0 Å². The number of benzene rings is 2. The van der Waals surface area contributed by atoms with Crippen LogP contribution < -0.4 is 10.1 Å². The Kier molecular flexibility index (Phi) is 4.39. The number of rotatable bonds is 5. The van der Waals surface area contributed by atoms with Crippen LogP contribution in [0.3, 0.4) is 0 Å². The molecule has 0 fully saturated rings. The van der Waals surface area contributed by atoms with Crippen LogP contribution >= 0.6 is 0 Å². The molecule has 5 nitrogen and oxygen atoms in total. The zero-order chi connectivity index (χ0) is 16.1. The zero-order valence-corrected chi connectivity index (χ0v) is 13.1. The Morgan fingerprint density at radius 2 is 1.91 bits per heavy atom. The van der Waals surface area contributed by atoms with Crippen LogP contribution in [0.5, 0.6) is 0 Å². The molecule has 0 radical (unpaired) electrons. The van der Waals surface area contributed by atoms with E-state index in [2.05, 4.69) is 27.4 Å². The fourth-order valence-electron chi connectivity index (χ4n) is 2.67. The summed E-state index contributed by atoms with van der Waals surface area (Å²) in [5.74, 6) is -0.234. The van der Waals surface area contributed by atoms with Gasteiger partial charge in [-0.15, -0.1) is 0 Å². The topological polar surface area (TPSA) is 50.7 Å². The maximum absolute atomic E-state index is 11.3. The van der Waals surface area contributed by atoms with Crippen molar-refractivity contribution in [1.82, 2.24) is 4.70 Å². The molecule has 3 rings (SSSR count). The number of nitrogens with zero attached hydrogens (tertiary/aromatic N) is 2. The molecule has 2 aromatic carbocycles. The number of hydrogen-bond donors (Lipinski definition) is 1. The third-order valence-corrected chi connectivity index (χ3v) is 3.89. The second kappa shape index (κ2) is 6.62. The van der Waals surface area contributed by atoms with Gasteiger partial charge in [-0.2, -0.15) is 0 Å². The average Bonchev–Trinajstić information content (AvgIpc) is 3.07. The van der Waals surface area contributed by atoms with E-state index in [1.165, 1.54) is 7.11 Å². The number of nitrogens with one attached hydrogen (secondary N) is 1. The Bertz CT molecular complexity index is 698. The van der Waals surface area contributed by atoms with Crippen LogP contribution in [0.15, 0.2) is 59.7 Å². The van der Waals surface area contributed by atoms with Crippen molar-refractivity contribution in [2.75, 3.05) is 19.1 Å². The third-order valence-electron chi connectivity index (χ3n) is 3.89. The van der Waals surface area contributed by atoms with Gasteiger partial charge in [0.05, 0.1) is 25.4 Å². The predicted molar refractivity (Wildman–Crippen MR) is 92.0 cm³/mol. The molecule has 0 saturated heterocycles. The summed E-state index contributed by atoms with van der Waals surface area (Å²) >= 11 is 0. The Balaban J connectivity index is 1.79. The summed E-state index contributed by atoms with van der Waals surface area (Å²) < 4.78 is 5.05. The van der Waals surface area contributed by atoms with Gasteiger partial charge in [-0.25, -0.2) is 5.43 Å². The molecule has 0 aromatic heterocycles. The first-order chi connectivity index (χ1) is 11.2. The quantitative estimate of drug-likeness (QED) is 0.682. The number of ether oxygens (including phenoxy) is 1. The minimum absolute atomic E-state index is 0.234. The molecule has 1 aliphatic heterocycles. The number of esters is 1. The molecule has 5 heteroatoms. The van der Waals surface area contributed by atoms with Gasteiger partial charge >= 0.3 is 5.97 Å². The number of methoxy groups -OCH3 is 1. The van der Waals surface area contributed by atoms with Gasteiger partial charge in [0.25, 0.3) is 0 Å². The minimum Gasteiger partial charge on any atom is -0.469 e. The molecule has 1 atom stereocenters. The molecule has 23 heavy (non-hydrogen) atoms. The Hall–Kier alpha value is -2.66. The van der Waals surface area contributed by atoms with Crippen LogP contribution in [0.1, 0.15) is 12.0 Å². The van der Waals surface area contributed by atoms with Crippen LogP contribution in [0.4, 0.5) is 11.4 Å². The lowest BCUT2D eigenvalue weighted by atomic mass is 10.1. The molecule has 0 bridgehead atoms. The molecule has 0 saturated carbocycles. The highest BCUT2D eigenvalue weighted by atomic mass is 16.5. The van der Waals surface area contributed by atoms with E-state index < -0.39 is 0 Å². The molecule has 1 aliphatic rings. The maximum atomic E-state index is 11.3. The average molecular weight is 310 g/mol. The number of carbonyl (C=O) groups is 1. The maximum Gasteiger partial charge on any atom is 0.309 e. The van der Waals surface area contributed by atoms with Gasteiger partial charge in [-0.3, -0.25) is 4.79 Å². The van der Waals surface area contributed by atoms with E-state index in [4.69, 9.17) is 0 Å². The molecule has 2 aromatic rings. The summed E-state index contributed by atoms with van der Waals surface area (Å²) in [5.41, 5.74) is 6.47. The van der Waals surface area contributed by atoms with Gasteiger partial charge in [0, 0.05) is 18.6 Å². The summed E-state index contributed by atoms with van der Waals surface area (Å²) in [6, 6.07) is 18.0. The van der Waals surface area contributed by atoms with E-state index in [1.807, 2.05) is 48.7 Å².